The van der Waals surface area contributed by atoms with Gasteiger partial charge in [-0.2, -0.15) is 0 Å². The maximum Gasteiger partial charge on any atom is 0.315 e. The predicted octanol–water partition coefficient (Wildman–Crippen LogP) is 2.74. The largest absolute Gasteiger partial charge is 0.338 e. The van der Waals surface area contributed by atoms with E-state index >= 15 is 0 Å². The second-order valence-electron chi connectivity index (χ2n) is 5.47. The molecule has 0 saturated heterocycles. The lowest BCUT2D eigenvalue weighted by Crippen LogP contribution is -2.43. The number of amides is 2. The van der Waals surface area contributed by atoms with Gasteiger partial charge in [-0.1, -0.05) is 33.1 Å². The van der Waals surface area contributed by atoms with Gasteiger partial charge in [-0.25, -0.2) is 4.79 Å². The first-order valence-electron chi connectivity index (χ1n) is 8.03. The van der Waals surface area contributed by atoms with E-state index in [2.05, 4.69) is 29.4 Å². The molecule has 1 aliphatic rings. The summed E-state index contributed by atoms with van der Waals surface area (Å²) >= 11 is 0. The van der Waals surface area contributed by atoms with Gasteiger partial charge in [0.25, 0.3) is 0 Å². The second-order valence-corrected chi connectivity index (χ2v) is 5.47. The van der Waals surface area contributed by atoms with E-state index in [1.54, 1.807) is 0 Å². The molecule has 2 amide bonds. The quantitative estimate of drug-likeness (QED) is 0.666. The lowest BCUT2D eigenvalue weighted by atomic mass is 9.96. The summed E-state index contributed by atoms with van der Waals surface area (Å²) in [5, 5.41) is 6.05. The molecule has 0 aromatic heterocycles. The van der Waals surface area contributed by atoms with E-state index in [1.807, 2.05) is 0 Å². The highest BCUT2D eigenvalue weighted by molar-refractivity contribution is 5.74. The van der Waals surface area contributed by atoms with Crippen LogP contribution in [0.2, 0.25) is 0 Å². The Hall–Kier alpha value is -0.770. The zero-order valence-electron chi connectivity index (χ0n) is 12.7. The van der Waals surface area contributed by atoms with Crippen LogP contribution in [-0.4, -0.2) is 43.2 Å². The average Bonchev–Trinajstić information content (AvgIpc) is 2.44. The number of urea groups is 1. The van der Waals surface area contributed by atoms with Crippen LogP contribution in [0.4, 0.5) is 4.79 Å². The normalized spacial score (nSPS) is 16.6. The second kappa shape index (κ2) is 10.1. The van der Waals surface area contributed by atoms with Crippen LogP contribution in [0.1, 0.15) is 58.8 Å². The molecule has 0 heterocycles. The van der Waals surface area contributed by atoms with Gasteiger partial charge >= 0.3 is 6.03 Å². The Morgan fingerprint density at radius 1 is 1.11 bits per heavy atom. The van der Waals surface area contributed by atoms with E-state index in [9.17, 15) is 4.79 Å². The molecule has 1 aliphatic carbocycles. The lowest BCUT2D eigenvalue weighted by Gasteiger charge is -2.23. The van der Waals surface area contributed by atoms with Crippen molar-refractivity contribution in [3.8, 4) is 0 Å². The highest BCUT2D eigenvalue weighted by atomic mass is 16.2. The van der Waals surface area contributed by atoms with E-state index in [0.717, 1.165) is 51.9 Å². The minimum Gasteiger partial charge on any atom is -0.338 e. The third-order valence-corrected chi connectivity index (χ3v) is 4.02. The van der Waals surface area contributed by atoms with E-state index in [1.165, 1.54) is 19.3 Å². The average molecular weight is 269 g/mol. The third kappa shape index (κ3) is 7.41. The number of carbonyl (C=O) groups is 1. The molecular weight excluding hydrogens is 238 g/mol. The van der Waals surface area contributed by atoms with Crippen molar-refractivity contribution in [2.75, 3.05) is 26.2 Å². The fourth-order valence-electron chi connectivity index (χ4n) is 2.69. The van der Waals surface area contributed by atoms with Gasteiger partial charge in [0.05, 0.1) is 0 Å². The van der Waals surface area contributed by atoms with Crippen LogP contribution in [0.5, 0.6) is 0 Å². The molecule has 0 spiro atoms. The molecule has 0 aromatic carbocycles. The van der Waals surface area contributed by atoms with Crippen LogP contribution in [0.25, 0.3) is 0 Å². The molecule has 2 N–H and O–H groups in total. The molecule has 1 rings (SSSR count). The number of hydrogen-bond acceptors (Lipinski definition) is 2. The Labute approximate surface area is 118 Å². The first-order chi connectivity index (χ1) is 9.26. The minimum absolute atomic E-state index is 0.0229. The van der Waals surface area contributed by atoms with Crippen molar-refractivity contribution in [2.24, 2.45) is 0 Å². The number of nitrogens with one attached hydrogen (secondary N) is 2. The topological polar surface area (TPSA) is 44.4 Å². The van der Waals surface area contributed by atoms with E-state index in [0.29, 0.717) is 6.04 Å². The summed E-state index contributed by atoms with van der Waals surface area (Å²) in [6, 6.07) is 0.430. The molecule has 0 atom stereocenters. The van der Waals surface area contributed by atoms with Gasteiger partial charge < -0.3 is 15.5 Å². The van der Waals surface area contributed by atoms with Crippen LogP contribution in [-0.2, 0) is 0 Å². The van der Waals surface area contributed by atoms with E-state index in [-0.39, 0.29) is 6.03 Å². The Bertz CT molecular complexity index is 236. The summed E-state index contributed by atoms with van der Waals surface area (Å²) in [5.41, 5.74) is 0. The number of rotatable bonds is 8. The fourth-order valence-corrected chi connectivity index (χ4v) is 2.69. The zero-order valence-corrected chi connectivity index (χ0v) is 12.7. The Morgan fingerprint density at radius 3 is 2.42 bits per heavy atom. The van der Waals surface area contributed by atoms with Crippen molar-refractivity contribution >= 4 is 6.03 Å². The van der Waals surface area contributed by atoms with Crippen molar-refractivity contribution in [1.82, 2.24) is 15.5 Å². The molecule has 1 fully saturated rings. The molecule has 0 radical (unpaired) electrons. The van der Waals surface area contributed by atoms with Crippen LogP contribution < -0.4 is 10.6 Å². The first kappa shape index (κ1) is 16.3. The van der Waals surface area contributed by atoms with Gasteiger partial charge in [0.15, 0.2) is 0 Å². The van der Waals surface area contributed by atoms with Gasteiger partial charge in [-0.3, -0.25) is 0 Å². The van der Waals surface area contributed by atoms with Crippen LogP contribution >= 0.6 is 0 Å². The highest BCUT2D eigenvalue weighted by Crippen LogP contribution is 2.17. The summed E-state index contributed by atoms with van der Waals surface area (Å²) in [5.74, 6) is 0. The number of carbonyl (C=O) groups excluding carboxylic acids is 1. The Kier molecular flexibility index (Phi) is 8.63. The van der Waals surface area contributed by atoms with Crippen molar-refractivity contribution < 1.29 is 4.79 Å². The van der Waals surface area contributed by atoms with Crippen molar-refractivity contribution in [3.05, 3.63) is 0 Å². The smallest absolute Gasteiger partial charge is 0.315 e. The summed E-state index contributed by atoms with van der Waals surface area (Å²) in [6.07, 6.45) is 8.36. The third-order valence-electron chi connectivity index (χ3n) is 4.02. The molecule has 1 saturated carbocycles. The molecule has 4 nitrogen and oxygen atoms in total. The lowest BCUT2D eigenvalue weighted by molar-refractivity contribution is 0.232. The van der Waals surface area contributed by atoms with Gasteiger partial charge in [-0.15, -0.1) is 0 Å². The molecule has 4 heteroatoms. The summed E-state index contributed by atoms with van der Waals surface area (Å²) in [6.45, 7) is 8.55. The Morgan fingerprint density at radius 2 is 1.79 bits per heavy atom. The molecule has 0 aliphatic heterocycles. The molecular formula is C15H31N3O. The summed E-state index contributed by atoms with van der Waals surface area (Å²) < 4.78 is 0. The van der Waals surface area contributed by atoms with Gasteiger partial charge in [0.1, 0.15) is 0 Å². The molecule has 112 valence electrons. The molecule has 0 unspecified atom stereocenters. The number of unbranched alkanes of at least 4 members (excludes halogenated alkanes) is 1. The van der Waals surface area contributed by atoms with Crippen LogP contribution in [0, 0.1) is 0 Å². The first-order valence-corrected chi connectivity index (χ1v) is 8.03. The maximum absolute atomic E-state index is 11.7. The monoisotopic (exact) mass is 269 g/mol. The van der Waals surface area contributed by atoms with Crippen molar-refractivity contribution in [1.29, 1.82) is 0 Å². The van der Waals surface area contributed by atoms with Crippen molar-refractivity contribution in [2.45, 2.75) is 64.8 Å². The van der Waals surface area contributed by atoms with E-state index < -0.39 is 0 Å². The maximum atomic E-state index is 11.7. The van der Waals surface area contributed by atoms with Crippen molar-refractivity contribution in [3.63, 3.8) is 0 Å². The van der Waals surface area contributed by atoms with Gasteiger partial charge in [0, 0.05) is 12.6 Å². The predicted molar refractivity (Wildman–Crippen MR) is 80.4 cm³/mol. The van der Waals surface area contributed by atoms with Crippen LogP contribution in [0.15, 0.2) is 0 Å². The highest BCUT2D eigenvalue weighted by Gasteiger charge is 2.14. The van der Waals surface area contributed by atoms with E-state index in [4.69, 9.17) is 0 Å². The summed E-state index contributed by atoms with van der Waals surface area (Å²) in [7, 11) is 0. The molecule has 19 heavy (non-hydrogen) atoms. The standard InChI is InChI=1S/C15H31N3O/c1-3-18(4-2)13-9-8-12-16-15(19)17-14-10-6-5-7-11-14/h14H,3-13H2,1-2H3,(H2,16,17,19). The summed E-state index contributed by atoms with van der Waals surface area (Å²) in [4.78, 5) is 14.1. The van der Waals surface area contributed by atoms with Crippen LogP contribution in [0.3, 0.4) is 0 Å². The SMILES string of the molecule is CCN(CC)CCCCNC(=O)NC1CCCCC1. The number of hydrogen-bond donors (Lipinski definition) is 2. The zero-order chi connectivity index (χ0) is 13.9. The number of nitrogens with zero attached hydrogens (tertiary/aromatic N) is 1. The Balaban J connectivity index is 1.97. The minimum atomic E-state index is 0.0229. The van der Waals surface area contributed by atoms with Gasteiger partial charge in [0.2, 0.25) is 0 Å². The molecule has 0 aromatic rings. The van der Waals surface area contributed by atoms with Gasteiger partial charge in [-0.05, 0) is 45.3 Å². The fraction of sp³-hybridized carbons (Fsp3) is 0.933. The molecule has 0 bridgehead atoms.